The number of aromatic nitrogens is 4. The highest BCUT2D eigenvalue weighted by molar-refractivity contribution is 5.80. The van der Waals surface area contributed by atoms with Gasteiger partial charge < -0.3 is 19.7 Å². The highest BCUT2D eigenvalue weighted by Crippen LogP contribution is 2.19. The molecule has 216 valence electrons. The molecule has 0 aliphatic carbocycles. The molecule has 0 radical (unpaired) electrons. The van der Waals surface area contributed by atoms with E-state index in [-0.39, 0.29) is 37.5 Å². The Morgan fingerprint density at radius 1 is 0.571 bits per heavy atom. The topological polar surface area (TPSA) is 129 Å². The van der Waals surface area contributed by atoms with E-state index in [1.165, 1.54) is 52.1 Å². The first-order valence-corrected chi connectivity index (χ1v) is 12.1. The van der Waals surface area contributed by atoms with Gasteiger partial charge in [0.05, 0.1) is 47.4 Å². The van der Waals surface area contributed by atoms with E-state index in [1.54, 1.807) is 56.7 Å². The molecule has 0 fully saturated rings. The summed E-state index contributed by atoms with van der Waals surface area (Å²) in [5.41, 5.74) is 2.07. The summed E-state index contributed by atoms with van der Waals surface area (Å²) in [5.74, 6) is 1.62. The summed E-state index contributed by atoms with van der Waals surface area (Å²) in [6.45, 7) is 0. The van der Waals surface area contributed by atoms with Crippen molar-refractivity contribution in [3.63, 3.8) is 0 Å². The first-order valence-electron chi connectivity index (χ1n) is 12.1. The molecule has 0 aliphatic heterocycles. The maximum atomic E-state index is 12.5. The molecule has 42 heavy (non-hydrogen) atoms. The van der Waals surface area contributed by atoms with Gasteiger partial charge in [-0.05, 0) is 72.8 Å². The Bertz CT molecular complexity index is 1930. The van der Waals surface area contributed by atoms with Gasteiger partial charge >= 0.3 is 0 Å². The molecule has 10 nitrogen and oxygen atoms in total. The number of fused-ring (bicyclic) bond motifs is 2. The summed E-state index contributed by atoms with van der Waals surface area (Å²) in [6, 6.07) is 23.2. The fourth-order valence-corrected chi connectivity index (χ4v) is 4.06. The third-order valence-corrected chi connectivity index (χ3v) is 6.19. The first-order chi connectivity index (χ1) is 19.4. The van der Waals surface area contributed by atoms with Gasteiger partial charge in [-0.2, -0.15) is 0 Å². The average molecular weight is 569 g/mol. The van der Waals surface area contributed by atoms with Gasteiger partial charge in [0, 0.05) is 12.1 Å². The largest absolute Gasteiger partial charge is 0.508 e. The normalized spacial score (nSPS) is 10.1. The molecule has 0 atom stereocenters. The first kappa shape index (κ1) is 30.9. The van der Waals surface area contributed by atoms with Gasteiger partial charge in [0.25, 0.3) is 11.1 Å². The van der Waals surface area contributed by atoms with Crippen molar-refractivity contribution in [1.29, 1.82) is 0 Å². The van der Waals surface area contributed by atoms with Crippen LogP contribution in [0, 0.1) is 0 Å². The molecule has 4 aromatic carbocycles. The molecule has 2 heterocycles. The van der Waals surface area contributed by atoms with Crippen LogP contribution >= 0.6 is 0 Å². The van der Waals surface area contributed by atoms with Gasteiger partial charge in [-0.3, -0.25) is 18.7 Å². The summed E-state index contributed by atoms with van der Waals surface area (Å²) in [7, 11) is 3.19. The molecule has 0 amide bonds. The quantitative estimate of drug-likeness (QED) is 0.286. The fourth-order valence-electron chi connectivity index (χ4n) is 4.06. The van der Waals surface area contributed by atoms with E-state index in [0.29, 0.717) is 33.2 Å². The lowest BCUT2D eigenvalue weighted by Gasteiger charge is -2.08. The second kappa shape index (κ2) is 13.1. The number of phenols is 2. The fraction of sp³-hybridized carbons (Fsp3) is 0.125. The zero-order valence-corrected chi connectivity index (χ0v) is 21.6. The van der Waals surface area contributed by atoms with Gasteiger partial charge in [-0.1, -0.05) is 14.9 Å². The smallest absolute Gasteiger partial charge is 0.265 e. The number of rotatable bonds is 4. The molecule has 6 rings (SSSR count). The Kier molecular flexibility index (Phi) is 9.67. The number of hydrogen-bond donors (Lipinski definition) is 2. The highest BCUT2D eigenvalue weighted by Gasteiger charge is 2.08. The summed E-state index contributed by atoms with van der Waals surface area (Å²) >= 11 is 0. The van der Waals surface area contributed by atoms with Crippen LogP contribution < -0.4 is 20.6 Å². The zero-order chi connectivity index (χ0) is 28.2. The predicted molar refractivity (Wildman–Crippen MR) is 165 cm³/mol. The third kappa shape index (κ3) is 6.23. The van der Waals surface area contributed by atoms with E-state index >= 15 is 0 Å². The van der Waals surface area contributed by atoms with Gasteiger partial charge in [-0.25, -0.2) is 9.97 Å². The molecule has 10 heteroatoms. The molecule has 0 spiro atoms. The summed E-state index contributed by atoms with van der Waals surface area (Å²) in [5, 5.41) is 19.6. The maximum absolute atomic E-state index is 12.5. The second-order valence-corrected chi connectivity index (χ2v) is 8.64. The Hall–Kier alpha value is -5.64. The number of methoxy groups -OCH3 is 2. The Labute approximate surface area is 242 Å². The summed E-state index contributed by atoms with van der Waals surface area (Å²) < 4.78 is 13.1. The number of ether oxygens (including phenoxy) is 2. The molecule has 6 aromatic rings. The average Bonchev–Trinajstić information content (AvgIpc) is 2.98. The summed E-state index contributed by atoms with van der Waals surface area (Å²) in [6.07, 6.45) is 2.92. The molecule has 0 saturated carbocycles. The number of hydrogen-bond acceptors (Lipinski definition) is 8. The van der Waals surface area contributed by atoms with Crippen LogP contribution in [0.25, 0.3) is 33.2 Å². The van der Waals surface area contributed by atoms with Crippen LogP contribution in [-0.4, -0.2) is 43.5 Å². The van der Waals surface area contributed by atoms with E-state index in [0.717, 1.165) is 11.4 Å². The molecule has 2 aromatic heterocycles. The molecular weight excluding hydrogens is 536 g/mol. The molecule has 0 saturated heterocycles. The van der Waals surface area contributed by atoms with Crippen molar-refractivity contribution in [1.82, 2.24) is 19.1 Å². The van der Waals surface area contributed by atoms with Crippen LogP contribution in [0.5, 0.6) is 23.0 Å². The molecule has 0 unspecified atom stereocenters. The number of nitrogens with zero attached hydrogens (tertiary/aromatic N) is 4. The number of aromatic hydroxyl groups is 2. The maximum Gasteiger partial charge on any atom is 0.265 e. The van der Waals surface area contributed by atoms with Crippen LogP contribution in [0.2, 0.25) is 0 Å². The minimum atomic E-state index is -0.226. The minimum Gasteiger partial charge on any atom is -0.508 e. The number of phenolic OH excluding ortho intramolecular Hbond substituents is 2. The molecule has 0 aliphatic rings. The summed E-state index contributed by atoms with van der Waals surface area (Å²) in [4.78, 5) is 33.3. The van der Waals surface area contributed by atoms with Crippen molar-refractivity contribution in [3.05, 3.63) is 118 Å². The lowest BCUT2D eigenvalue weighted by Crippen LogP contribution is -2.18. The zero-order valence-electron chi connectivity index (χ0n) is 21.6. The van der Waals surface area contributed by atoms with Crippen LogP contribution in [0.4, 0.5) is 0 Å². The van der Waals surface area contributed by atoms with Crippen LogP contribution in [0.3, 0.4) is 0 Å². The Balaban J connectivity index is 0.000000221. The Morgan fingerprint density at radius 2 is 1.00 bits per heavy atom. The lowest BCUT2D eigenvalue weighted by molar-refractivity contribution is 0.414. The van der Waals surface area contributed by atoms with E-state index < -0.39 is 0 Å². The second-order valence-electron chi connectivity index (χ2n) is 8.64. The highest BCUT2D eigenvalue weighted by atomic mass is 16.5. The van der Waals surface area contributed by atoms with Crippen LogP contribution in [0.1, 0.15) is 14.9 Å². The third-order valence-electron chi connectivity index (χ3n) is 6.19. The van der Waals surface area contributed by atoms with E-state index in [1.807, 2.05) is 12.1 Å². The lowest BCUT2D eigenvalue weighted by atomic mass is 10.2. The van der Waals surface area contributed by atoms with Crippen LogP contribution in [0.15, 0.2) is 107 Å². The molecule has 0 bridgehead atoms. The van der Waals surface area contributed by atoms with E-state index in [4.69, 9.17) is 9.47 Å². The molecule has 2 N–H and O–H groups in total. The van der Waals surface area contributed by atoms with Gasteiger partial charge in [0.15, 0.2) is 0 Å². The SMILES string of the molecule is C.C.COc1ccc(-n2cnc3cc(OC)ccc3c2=O)cc1.O=c1c2ccc(O)cc2ncn1-c1ccc(O)cc1. The van der Waals surface area contributed by atoms with Gasteiger partial charge in [0.2, 0.25) is 0 Å². The Morgan fingerprint density at radius 3 is 1.52 bits per heavy atom. The van der Waals surface area contributed by atoms with Crippen molar-refractivity contribution in [3.8, 4) is 34.4 Å². The van der Waals surface area contributed by atoms with Crippen molar-refractivity contribution in [2.75, 3.05) is 14.2 Å². The van der Waals surface area contributed by atoms with Gasteiger partial charge in [0.1, 0.15) is 35.7 Å². The standard InChI is InChI=1S/C16H14N2O3.C14H10N2O3.2CH4/c1-20-12-5-3-11(4-6-12)18-10-17-15-9-13(21-2)7-8-14(15)16(18)19;17-10-3-1-9(2-4-10)16-8-15-13-7-11(18)5-6-12(13)14(16)19;;/h3-10H,1-2H3;1-8,17-18H;2*1H4. The monoisotopic (exact) mass is 568 g/mol. The van der Waals surface area contributed by atoms with Crippen LogP contribution in [-0.2, 0) is 0 Å². The van der Waals surface area contributed by atoms with Crippen molar-refractivity contribution in [2.45, 2.75) is 14.9 Å². The predicted octanol–water partition coefficient (Wildman–Crippen LogP) is 5.47. The minimum absolute atomic E-state index is 0. The van der Waals surface area contributed by atoms with Crippen molar-refractivity contribution < 1.29 is 19.7 Å². The van der Waals surface area contributed by atoms with Crippen molar-refractivity contribution >= 4 is 21.8 Å². The van der Waals surface area contributed by atoms with Gasteiger partial charge in [-0.15, -0.1) is 0 Å². The molecular formula is C32H32N4O6. The van der Waals surface area contributed by atoms with E-state index in [2.05, 4.69) is 9.97 Å². The number of benzene rings is 4. The van der Waals surface area contributed by atoms with E-state index in [9.17, 15) is 19.8 Å². The van der Waals surface area contributed by atoms with Crippen molar-refractivity contribution in [2.24, 2.45) is 0 Å².